The van der Waals surface area contributed by atoms with Crippen LogP contribution < -0.4 is 5.32 Å². The Kier molecular flexibility index (Phi) is 6.76. The third kappa shape index (κ3) is 5.04. The van der Waals surface area contributed by atoms with Gasteiger partial charge in [0.1, 0.15) is 0 Å². The van der Waals surface area contributed by atoms with Gasteiger partial charge in [-0.05, 0) is 37.0 Å². The molecule has 0 radical (unpaired) electrons. The lowest BCUT2D eigenvalue weighted by atomic mass is 10.1. The van der Waals surface area contributed by atoms with Crippen LogP contribution in [0.25, 0.3) is 0 Å². The number of aliphatic hydroxyl groups excluding tert-OH is 1. The predicted molar refractivity (Wildman–Crippen MR) is 78.8 cm³/mol. The Morgan fingerprint density at radius 3 is 3.05 bits per heavy atom. The van der Waals surface area contributed by atoms with Crippen LogP contribution in [-0.4, -0.2) is 37.8 Å². The Balaban J connectivity index is 1.71. The van der Waals surface area contributed by atoms with Gasteiger partial charge in [0.2, 0.25) is 0 Å². The lowest BCUT2D eigenvalue weighted by Crippen LogP contribution is -2.30. The minimum Gasteiger partial charge on any atom is -0.394 e. The zero-order chi connectivity index (χ0) is 14.2. The summed E-state index contributed by atoms with van der Waals surface area (Å²) in [6.07, 6.45) is 3.20. The Labute approximate surface area is 125 Å². The molecular formula is C15H22ClNO3. The highest BCUT2D eigenvalue weighted by Crippen LogP contribution is 2.17. The summed E-state index contributed by atoms with van der Waals surface area (Å²) < 4.78 is 11.1. The second kappa shape index (κ2) is 8.60. The minimum atomic E-state index is -0.121. The zero-order valence-corrected chi connectivity index (χ0v) is 12.3. The first-order valence-electron chi connectivity index (χ1n) is 7.12. The molecule has 2 N–H and O–H groups in total. The molecule has 2 rings (SSSR count). The summed E-state index contributed by atoms with van der Waals surface area (Å²) in [5.74, 6) is 0. The summed E-state index contributed by atoms with van der Waals surface area (Å²) in [7, 11) is 0. The third-order valence-electron chi connectivity index (χ3n) is 3.37. The van der Waals surface area contributed by atoms with Crippen molar-refractivity contribution in [3.8, 4) is 0 Å². The average molecular weight is 300 g/mol. The third-order valence-corrected chi connectivity index (χ3v) is 3.60. The van der Waals surface area contributed by atoms with Crippen molar-refractivity contribution >= 4 is 11.6 Å². The van der Waals surface area contributed by atoms with Gasteiger partial charge in [-0.2, -0.15) is 0 Å². The molecular weight excluding hydrogens is 278 g/mol. The molecule has 1 fully saturated rings. The van der Waals surface area contributed by atoms with Crippen LogP contribution in [-0.2, 0) is 9.47 Å². The van der Waals surface area contributed by atoms with E-state index in [0.29, 0.717) is 18.2 Å². The number of benzene rings is 1. The van der Waals surface area contributed by atoms with E-state index in [1.54, 1.807) is 0 Å². The molecule has 0 aromatic heterocycles. The van der Waals surface area contributed by atoms with Gasteiger partial charge in [-0.15, -0.1) is 0 Å². The molecule has 1 aromatic carbocycles. The molecule has 0 bridgehead atoms. The number of ether oxygens (including phenoxy) is 2. The summed E-state index contributed by atoms with van der Waals surface area (Å²) in [4.78, 5) is 0. The first-order chi connectivity index (χ1) is 9.79. The number of hydrogen-bond acceptors (Lipinski definition) is 4. The normalized spacial score (nSPS) is 20.8. The Hall–Kier alpha value is -0.650. The van der Waals surface area contributed by atoms with Crippen molar-refractivity contribution in [3.05, 3.63) is 34.9 Å². The molecule has 0 amide bonds. The van der Waals surface area contributed by atoms with E-state index < -0.39 is 0 Å². The molecule has 20 heavy (non-hydrogen) atoms. The lowest BCUT2D eigenvalue weighted by molar-refractivity contribution is -0.161. The fourth-order valence-electron chi connectivity index (χ4n) is 2.28. The second-order valence-electron chi connectivity index (χ2n) is 4.91. The number of rotatable bonds is 7. The van der Waals surface area contributed by atoms with Gasteiger partial charge in [0.25, 0.3) is 0 Å². The van der Waals surface area contributed by atoms with Crippen molar-refractivity contribution in [2.45, 2.75) is 31.6 Å². The van der Waals surface area contributed by atoms with Crippen LogP contribution in [0.2, 0.25) is 5.02 Å². The van der Waals surface area contributed by atoms with Crippen LogP contribution in [0.3, 0.4) is 0 Å². The molecule has 112 valence electrons. The van der Waals surface area contributed by atoms with E-state index >= 15 is 0 Å². The van der Waals surface area contributed by atoms with Gasteiger partial charge in [0, 0.05) is 18.2 Å². The molecule has 2 atom stereocenters. The molecule has 0 aliphatic carbocycles. The lowest BCUT2D eigenvalue weighted by Gasteiger charge is -2.23. The van der Waals surface area contributed by atoms with Crippen LogP contribution >= 0.6 is 11.6 Å². The van der Waals surface area contributed by atoms with E-state index in [0.717, 1.165) is 25.0 Å². The molecule has 4 nitrogen and oxygen atoms in total. The van der Waals surface area contributed by atoms with Gasteiger partial charge in [-0.1, -0.05) is 23.7 Å². The number of aliphatic hydroxyl groups is 1. The summed E-state index contributed by atoms with van der Waals surface area (Å²) in [6.45, 7) is 2.06. The van der Waals surface area contributed by atoms with Crippen LogP contribution in [0.5, 0.6) is 0 Å². The quantitative estimate of drug-likeness (QED) is 0.760. The topological polar surface area (TPSA) is 50.7 Å². The zero-order valence-electron chi connectivity index (χ0n) is 11.6. The number of halogens is 1. The van der Waals surface area contributed by atoms with E-state index in [4.69, 9.17) is 21.1 Å². The Bertz CT molecular complexity index is 396. The van der Waals surface area contributed by atoms with Crippen LogP contribution in [0.1, 0.15) is 30.9 Å². The predicted octanol–water partition coefficient (Wildman–Crippen LogP) is 2.51. The van der Waals surface area contributed by atoms with E-state index in [1.165, 1.54) is 6.42 Å². The largest absolute Gasteiger partial charge is 0.394 e. The first kappa shape index (κ1) is 15.7. The summed E-state index contributed by atoms with van der Waals surface area (Å²) >= 11 is 5.96. The van der Waals surface area contributed by atoms with Crippen LogP contribution in [0, 0.1) is 0 Å². The van der Waals surface area contributed by atoms with Crippen molar-refractivity contribution < 1.29 is 14.6 Å². The van der Waals surface area contributed by atoms with E-state index in [9.17, 15) is 5.11 Å². The molecule has 5 heteroatoms. The molecule has 1 heterocycles. The second-order valence-corrected chi connectivity index (χ2v) is 5.35. The molecule has 1 saturated heterocycles. The highest BCUT2D eigenvalue weighted by atomic mass is 35.5. The van der Waals surface area contributed by atoms with Gasteiger partial charge in [0.05, 0.1) is 19.3 Å². The summed E-state index contributed by atoms with van der Waals surface area (Å²) in [5, 5.41) is 13.4. The van der Waals surface area contributed by atoms with Crippen LogP contribution in [0.15, 0.2) is 24.3 Å². The highest BCUT2D eigenvalue weighted by molar-refractivity contribution is 6.30. The number of nitrogens with one attached hydrogen (secondary N) is 1. The fourth-order valence-corrected chi connectivity index (χ4v) is 2.48. The van der Waals surface area contributed by atoms with E-state index in [-0.39, 0.29) is 18.9 Å². The van der Waals surface area contributed by atoms with Crippen molar-refractivity contribution in [2.75, 3.05) is 26.4 Å². The van der Waals surface area contributed by atoms with E-state index in [1.807, 2.05) is 24.3 Å². The average Bonchev–Trinajstić information content (AvgIpc) is 2.48. The smallest absolute Gasteiger partial charge is 0.157 e. The van der Waals surface area contributed by atoms with Gasteiger partial charge in [-0.25, -0.2) is 0 Å². The Morgan fingerprint density at radius 2 is 2.35 bits per heavy atom. The monoisotopic (exact) mass is 299 g/mol. The van der Waals surface area contributed by atoms with Crippen molar-refractivity contribution in [1.82, 2.24) is 5.32 Å². The van der Waals surface area contributed by atoms with Crippen molar-refractivity contribution in [3.63, 3.8) is 0 Å². The summed E-state index contributed by atoms with van der Waals surface area (Å²) in [6, 6.07) is 7.40. The maximum Gasteiger partial charge on any atom is 0.157 e. The maximum atomic E-state index is 9.45. The SMILES string of the molecule is OC[C@H](NCCO[C@H]1CCCCO1)c1cccc(Cl)c1. The maximum absolute atomic E-state index is 9.45. The molecule has 0 unspecified atom stereocenters. The van der Waals surface area contributed by atoms with Gasteiger partial charge in [0.15, 0.2) is 6.29 Å². The summed E-state index contributed by atoms with van der Waals surface area (Å²) in [5.41, 5.74) is 0.980. The number of hydrogen-bond donors (Lipinski definition) is 2. The Morgan fingerprint density at radius 1 is 1.45 bits per heavy atom. The molecule has 1 aliphatic heterocycles. The minimum absolute atomic E-state index is 0.0280. The van der Waals surface area contributed by atoms with Crippen molar-refractivity contribution in [1.29, 1.82) is 0 Å². The van der Waals surface area contributed by atoms with Crippen LogP contribution in [0.4, 0.5) is 0 Å². The van der Waals surface area contributed by atoms with Gasteiger partial charge >= 0.3 is 0 Å². The van der Waals surface area contributed by atoms with Gasteiger partial charge < -0.3 is 19.9 Å². The highest BCUT2D eigenvalue weighted by Gasteiger charge is 2.14. The first-order valence-corrected chi connectivity index (χ1v) is 7.50. The molecule has 0 spiro atoms. The standard InChI is InChI=1S/C15H22ClNO3/c16-13-5-3-4-12(10-13)14(11-18)17-7-9-20-15-6-1-2-8-19-15/h3-5,10,14-15,17-18H,1-2,6-9,11H2/t14-,15-/m0/s1. The molecule has 0 saturated carbocycles. The molecule has 1 aliphatic rings. The van der Waals surface area contributed by atoms with Gasteiger partial charge in [-0.3, -0.25) is 0 Å². The molecule has 1 aromatic rings. The fraction of sp³-hybridized carbons (Fsp3) is 0.600. The van der Waals surface area contributed by atoms with Crippen molar-refractivity contribution in [2.24, 2.45) is 0 Å². The van der Waals surface area contributed by atoms with E-state index in [2.05, 4.69) is 5.32 Å².